The first kappa shape index (κ1) is 3.32. The van der Waals surface area contributed by atoms with Crippen molar-refractivity contribution in [3.8, 4) is 0 Å². The van der Waals surface area contributed by atoms with Gasteiger partial charge in [0.15, 0.2) is 0 Å². The highest BCUT2D eigenvalue weighted by Crippen LogP contribution is 2.01. The summed E-state index contributed by atoms with van der Waals surface area (Å²) in [5, 5.41) is 0. The van der Waals surface area contributed by atoms with E-state index in [9.17, 15) is 0 Å². The molecule has 0 unspecified atom stereocenters. The molecule has 0 atom stereocenters. The summed E-state index contributed by atoms with van der Waals surface area (Å²) in [5.41, 5.74) is 0. The lowest BCUT2D eigenvalue weighted by atomic mass is 9.66. The predicted octanol–water partition coefficient (Wildman–Crippen LogP) is 0.0854. The van der Waals surface area contributed by atoms with Gasteiger partial charge < -0.3 is 0 Å². The zero-order valence-electron chi connectivity index (χ0n) is 3.54. The Balaban J connectivity index is 2.08. The topological polar surface area (TPSA) is 0 Å². The van der Waals surface area contributed by atoms with E-state index in [4.69, 9.17) is 0 Å². The van der Waals surface area contributed by atoms with E-state index in [1.165, 1.54) is 33.4 Å². The Labute approximate surface area is 34.4 Å². The van der Waals surface area contributed by atoms with Crippen LogP contribution in [-0.2, 0) is 0 Å². The normalized spacial score (nSPS) is 20.8. The van der Waals surface area contributed by atoms with Crippen LogP contribution in [0.25, 0.3) is 0 Å². The van der Waals surface area contributed by atoms with Crippen molar-refractivity contribution in [1.29, 1.82) is 0 Å². The fourth-order valence-electron chi connectivity index (χ4n) is 0.884. The maximum Gasteiger partial charge on any atom is 0.112 e. The summed E-state index contributed by atoms with van der Waals surface area (Å²) in [7, 11) is 3.00. The molecule has 5 heavy (non-hydrogen) atoms. The molecule has 1 rings (SSSR count). The molecule has 0 aromatic carbocycles. The third kappa shape index (κ3) is 0.712. The Morgan fingerprint density at radius 3 is 1.80 bits per heavy atom. The van der Waals surface area contributed by atoms with E-state index < -0.39 is 0 Å². The monoisotopic (exact) mass is 66.1 g/mol. The molecule has 0 radical (unpaired) electrons. The van der Waals surface area contributed by atoms with Crippen molar-refractivity contribution in [3.05, 3.63) is 0 Å². The quantitative estimate of drug-likeness (QED) is 0.351. The lowest BCUT2D eigenvalue weighted by molar-refractivity contribution is 1.46. The van der Waals surface area contributed by atoms with Crippen LogP contribution in [0.2, 0.25) is 18.9 Å². The lowest BCUT2D eigenvalue weighted by Crippen LogP contribution is -1.74. The Kier molecular flexibility index (Phi) is 1.02. The van der Waals surface area contributed by atoms with Gasteiger partial charge in [-0.3, -0.25) is 0 Å². The zero-order chi connectivity index (χ0) is 3.54. The summed E-state index contributed by atoms with van der Waals surface area (Å²) in [6.45, 7) is 0. The summed E-state index contributed by atoms with van der Waals surface area (Å²) < 4.78 is 0. The van der Waals surface area contributed by atoms with Crippen LogP contribution >= 0.6 is 0 Å². The molecule has 1 saturated heterocycles. The second kappa shape index (κ2) is 1.54. The minimum absolute atomic E-state index is 1.50. The van der Waals surface area contributed by atoms with E-state index in [0.717, 1.165) is 0 Å². The highest BCUT2D eigenvalue weighted by molar-refractivity contribution is 6.61. The summed E-state index contributed by atoms with van der Waals surface area (Å²) >= 11 is 0. The van der Waals surface area contributed by atoms with E-state index in [-0.39, 0.29) is 0 Å². The van der Waals surface area contributed by atoms with Crippen molar-refractivity contribution in [1.82, 2.24) is 0 Å². The second-order valence-electron chi connectivity index (χ2n) is 1.77. The van der Waals surface area contributed by atoms with Crippen molar-refractivity contribution in [3.63, 3.8) is 0 Å². The molecule has 1 heterocycles. The number of hydrogen-bond acceptors (Lipinski definition) is 0. The predicted molar refractivity (Wildman–Crippen MR) is 28.7 cm³/mol. The van der Waals surface area contributed by atoms with Gasteiger partial charge in [-0.15, -0.1) is 6.22 Å². The van der Waals surface area contributed by atoms with E-state index in [0.29, 0.717) is 0 Å². The molecule has 0 spiro atoms. The van der Waals surface area contributed by atoms with Crippen LogP contribution in [0.1, 0.15) is 0 Å². The summed E-state index contributed by atoms with van der Waals surface area (Å²) in [4.78, 5) is 0. The van der Waals surface area contributed by atoms with Crippen molar-refractivity contribution in [2.75, 3.05) is 0 Å². The van der Waals surface area contributed by atoms with Gasteiger partial charge in [0.2, 0.25) is 0 Å². The molecular weight excluding hydrogens is 57.7 g/mol. The summed E-state index contributed by atoms with van der Waals surface area (Å²) in [6.07, 6.45) is 4.50. The minimum atomic E-state index is 1.50. The largest absolute Gasteiger partial charge is 0.112 e. The standard InChI is InChI=1S/C3H8B2/c1-2-5-3-4-1/h4-5H,1-3H2. The molecule has 0 aliphatic carbocycles. The molecule has 1 fully saturated rings. The van der Waals surface area contributed by atoms with Crippen LogP contribution < -0.4 is 0 Å². The van der Waals surface area contributed by atoms with Crippen LogP contribution in [0.15, 0.2) is 0 Å². The highest BCUT2D eigenvalue weighted by Gasteiger charge is 2.00. The Morgan fingerprint density at radius 2 is 1.60 bits per heavy atom. The van der Waals surface area contributed by atoms with E-state index in [1.807, 2.05) is 0 Å². The molecule has 0 aromatic rings. The van der Waals surface area contributed by atoms with Gasteiger partial charge in [-0.05, 0) is 0 Å². The van der Waals surface area contributed by atoms with Crippen LogP contribution in [0.4, 0.5) is 0 Å². The fraction of sp³-hybridized carbons (Fsp3) is 1.00. The van der Waals surface area contributed by atoms with Crippen molar-refractivity contribution in [2.24, 2.45) is 0 Å². The molecule has 26 valence electrons. The minimum Gasteiger partial charge on any atom is -0.101 e. The Bertz CT molecular complexity index is 16.5. The maximum atomic E-state index is 1.50. The third-order valence-electron chi connectivity index (χ3n) is 1.25. The van der Waals surface area contributed by atoms with Gasteiger partial charge in [-0.2, -0.15) is 0 Å². The fourth-order valence-corrected chi connectivity index (χ4v) is 0.884. The maximum absolute atomic E-state index is 1.50. The van der Waals surface area contributed by atoms with Gasteiger partial charge in [0.1, 0.15) is 14.6 Å². The van der Waals surface area contributed by atoms with Crippen molar-refractivity contribution >= 4 is 14.6 Å². The SMILES string of the molecule is B1CBCC1. The van der Waals surface area contributed by atoms with E-state index in [2.05, 4.69) is 0 Å². The summed E-state index contributed by atoms with van der Waals surface area (Å²) in [6, 6.07) is 0. The second-order valence-corrected chi connectivity index (χ2v) is 1.77. The van der Waals surface area contributed by atoms with Gasteiger partial charge >= 0.3 is 0 Å². The highest BCUT2D eigenvalue weighted by atomic mass is 13.6. The molecule has 2 heteroatoms. The van der Waals surface area contributed by atoms with Gasteiger partial charge in [0.25, 0.3) is 0 Å². The molecule has 0 saturated carbocycles. The number of hydrogen-bond donors (Lipinski definition) is 0. The molecule has 0 N–H and O–H groups in total. The first-order valence-corrected chi connectivity index (χ1v) is 2.50. The first-order chi connectivity index (χ1) is 2.50. The molecule has 1 aliphatic heterocycles. The van der Waals surface area contributed by atoms with Crippen LogP contribution in [0.5, 0.6) is 0 Å². The molecule has 0 aromatic heterocycles. The van der Waals surface area contributed by atoms with Crippen molar-refractivity contribution < 1.29 is 0 Å². The van der Waals surface area contributed by atoms with Gasteiger partial charge in [-0.1, -0.05) is 12.6 Å². The molecule has 1 aliphatic rings. The summed E-state index contributed by atoms with van der Waals surface area (Å²) in [5.74, 6) is 0. The van der Waals surface area contributed by atoms with Crippen molar-refractivity contribution in [2.45, 2.75) is 18.9 Å². The van der Waals surface area contributed by atoms with Gasteiger partial charge in [0.05, 0.1) is 0 Å². The lowest BCUT2D eigenvalue weighted by Gasteiger charge is -1.65. The van der Waals surface area contributed by atoms with Crippen LogP contribution in [0.3, 0.4) is 0 Å². The first-order valence-electron chi connectivity index (χ1n) is 2.50. The van der Waals surface area contributed by atoms with Gasteiger partial charge in [0, 0.05) is 0 Å². The molecule has 0 nitrogen and oxygen atoms in total. The van der Waals surface area contributed by atoms with Crippen LogP contribution in [-0.4, -0.2) is 14.6 Å². The average molecular weight is 65.7 g/mol. The molecule has 0 bridgehead atoms. The average Bonchev–Trinajstić information content (AvgIpc) is 1.76. The van der Waals surface area contributed by atoms with E-state index >= 15 is 0 Å². The number of rotatable bonds is 0. The third-order valence-corrected chi connectivity index (χ3v) is 1.25. The Morgan fingerprint density at radius 1 is 1.00 bits per heavy atom. The van der Waals surface area contributed by atoms with E-state index in [1.54, 1.807) is 0 Å². The molecule has 0 amide bonds. The molecular formula is C3H8B2. The van der Waals surface area contributed by atoms with Gasteiger partial charge in [-0.25, -0.2) is 0 Å². The smallest absolute Gasteiger partial charge is 0.101 e. The van der Waals surface area contributed by atoms with Crippen LogP contribution in [0, 0.1) is 0 Å². The Hall–Kier alpha value is 0.130. The zero-order valence-corrected chi connectivity index (χ0v) is 3.54.